The summed E-state index contributed by atoms with van der Waals surface area (Å²) in [5, 5.41) is 0. The van der Waals surface area contributed by atoms with Crippen LogP contribution in [0.1, 0.15) is 12.0 Å². The van der Waals surface area contributed by atoms with Gasteiger partial charge in [-0.2, -0.15) is 0 Å². The van der Waals surface area contributed by atoms with Crippen molar-refractivity contribution in [1.29, 1.82) is 0 Å². The third-order valence-electron chi connectivity index (χ3n) is 4.19. The molecule has 1 aromatic heterocycles. The average molecular weight is 281 g/mol. The minimum Gasteiger partial charge on any atom is -0.359 e. The number of likely N-dealkylation sites (tertiary alicyclic amines) is 1. The van der Waals surface area contributed by atoms with Crippen LogP contribution in [0.2, 0.25) is 0 Å². The molecule has 3 rings (SSSR count). The Bertz CT molecular complexity index is 541. The van der Waals surface area contributed by atoms with E-state index in [1.54, 1.807) is 0 Å². The topological polar surface area (TPSA) is 19.4 Å². The Kier molecular flexibility index (Phi) is 4.51. The van der Waals surface area contributed by atoms with Crippen LogP contribution in [0.15, 0.2) is 54.7 Å². The van der Waals surface area contributed by atoms with E-state index in [2.05, 4.69) is 64.3 Å². The Morgan fingerprint density at radius 2 is 1.95 bits per heavy atom. The summed E-state index contributed by atoms with van der Waals surface area (Å²) in [5.41, 5.74) is 1.41. The third kappa shape index (κ3) is 3.82. The van der Waals surface area contributed by atoms with Gasteiger partial charge in [-0.15, -0.1) is 0 Å². The number of benzene rings is 1. The maximum absolute atomic E-state index is 4.42. The first-order valence-electron chi connectivity index (χ1n) is 7.70. The predicted molar refractivity (Wildman–Crippen MR) is 87.3 cm³/mol. The zero-order valence-electron chi connectivity index (χ0n) is 12.7. The summed E-state index contributed by atoms with van der Waals surface area (Å²) in [4.78, 5) is 9.26. The van der Waals surface area contributed by atoms with Crippen molar-refractivity contribution < 1.29 is 0 Å². The number of pyridine rings is 1. The van der Waals surface area contributed by atoms with E-state index in [0.717, 1.165) is 24.8 Å². The van der Waals surface area contributed by atoms with Crippen LogP contribution < -0.4 is 4.90 Å². The van der Waals surface area contributed by atoms with Crippen LogP contribution in [0.4, 0.5) is 5.82 Å². The maximum Gasteiger partial charge on any atom is 0.128 e. The smallest absolute Gasteiger partial charge is 0.128 e. The van der Waals surface area contributed by atoms with Crippen molar-refractivity contribution in [3.63, 3.8) is 0 Å². The van der Waals surface area contributed by atoms with Crippen molar-refractivity contribution in [2.45, 2.75) is 13.0 Å². The molecule has 3 heteroatoms. The van der Waals surface area contributed by atoms with E-state index in [9.17, 15) is 0 Å². The second kappa shape index (κ2) is 6.72. The fraction of sp³-hybridized carbons (Fsp3) is 0.389. The summed E-state index contributed by atoms with van der Waals surface area (Å²) in [5.74, 6) is 1.81. The fourth-order valence-corrected chi connectivity index (χ4v) is 3.11. The molecule has 1 aliphatic heterocycles. The molecular formula is C18H23N3. The van der Waals surface area contributed by atoms with Gasteiger partial charge in [-0.3, -0.25) is 4.90 Å². The van der Waals surface area contributed by atoms with Gasteiger partial charge in [0, 0.05) is 32.9 Å². The van der Waals surface area contributed by atoms with Crippen molar-refractivity contribution in [2.75, 3.05) is 31.6 Å². The number of aromatic nitrogens is 1. The van der Waals surface area contributed by atoms with Gasteiger partial charge in [0.25, 0.3) is 0 Å². The summed E-state index contributed by atoms with van der Waals surface area (Å²) in [7, 11) is 2.14. The molecule has 110 valence electrons. The van der Waals surface area contributed by atoms with Crippen LogP contribution in [-0.2, 0) is 6.54 Å². The minimum atomic E-state index is 0.737. The van der Waals surface area contributed by atoms with Gasteiger partial charge >= 0.3 is 0 Å². The second-order valence-corrected chi connectivity index (χ2v) is 5.94. The largest absolute Gasteiger partial charge is 0.359 e. The average Bonchev–Trinajstić information content (AvgIpc) is 2.96. The van der Waals surface area contributed by atoms with E-state index >= 15 is 0 Å². The lowest BCUT2D eigenvalue weighted by molar-refractivity contribution is 0.317. The van der Waals surface area contributed by atoms with E-state index < -0.39 is 0 Å². The van der Waals surface area contributed by atoms with Crippen molar-refractivity contribution in [2.24, 2.45) is 5.92 Å². The number of hydrogen-bond acceptors (Lipinski definition) is 3. The van der Waals surface area contributed by atoms with E-state index in [4.69, 9.17) is 0 Å². The van der Waals surface area contributed by atoms with Gasteiger partial charge < -0.3 is 4.90 Å². The first kappa shape index (κ1) is 14.1. The lowest BCUT2D eigenvalue weighted by Gasteiger charge is -2.22. The quantitative estimate of drug-likeness (QED) is 0.840. The Hall–Kier alpha value is -1.87. The van der Waals surface area contributed by atoms with Crippen molar-refractivity contribution >= 4 is 5.82 Å². The normalized spacial score (nSPS) is 18.8. The van der Waals surface area contributed by atoms with Crippen molar-refractivity contribution in [3.8, 4) is 0 Å². The summed E-state index contributed by atoms with van der Waals surface area (Å²) in [6, 6.07) is 16.9. The molecular weight excluding hydrogens is 258 g/mol. The van der Waals surface area contributed by atoms with Crippen LogP contribution in [-0.4, -0.2) is 36.6 Å². The van der Waals surface area contributed by atoms with Gasteiger partial charge in [0.15, 0.2) is 0 Å². The summed E-state index contributed by atoms with van der Waals surface area (Å²) in [6.45, 7) is 4.55. The van der Waals surface area contributed by atoms with Crippen molar-refractivity contribution in [3.05, 3.63) is 60.3 Å². The Morgan fingerprint density at radius 1 is 1.14 bits per heavy atom. The Morgan fingerprint density at radius 3 is 2.71 bits per heavy atom. The first-order chi connectivity index (χ1) is 10.3. The fourth-order valence-electron chi connectivity index (χ4n) is 3.11. The minimum absolute atomic E-state index is 0.737. The molecule has 3 nitrogen and oxygen atoms in total. The van der Waals surface area contributed by atoms with E-state index in [1.807, 2.05) is 12.3 Å². The molecule has 0 bridgehead atoms. The molecule has 1 unspecified atom stereocenters. The highest BCUT2D eigenvalue weighted by Gasteiger charge is 2.23. The number of rotatable bonds is 5. The van der Waals surface area contributed by atoms with E-state index in [-0.39, 0.29) is 0 Å². The van der Waals surface area contributed by atoms with Gasteiger partial charge in [0.2, 0.25) is 0 Å². The van der Waals surface area contributed by atoms with Crippen LogP contribution in [0.25, 0.3) is 0 Å². The highest BCUT2D eigenvalue weighted by Crippen LogP contribution is 2.21. The number of hydrogen-bond donors (Lipinski definition) is 0. The van der Waals surface area contributed by atoms with E-state index in [1.165, 1.54) is 25.1 Å². The summed E-state index contributed by atoms with van der Waals surface area (Å²) in [6.07, 6.45) is 3.15. The summed E-state index contributed by atoms with van der Waals surface area (Å²) >= 11 is 0. The number of nitrogens with zero attached hydrogens (tertiary/aromatic N) is 3. The monoisotopic (exact) mass is 281 g/mol. The van der Waals surface area contributed by atoms with Crippen LogP contribution in [0.5, 0.6) is 0 Å². The summed E-state index contributed by atoms with van der Waals surface area (Å²) < 4.78 is 0. The van der Waals surface area contributed by atoms with Gasteiger partial charge in [-0.25, -0.2) is 4.98 Å². The zero-order chi connectivity index (χ0) is 14.5. The predicted octanol–water partition coefficient (Wildman–Crippen LogP) is 3.04. The first-order valence-corrected chi connectivity index (χ1v) is 7.70. The molecule has 0 radical (unpaired) electrons. The molecule has 2 aromatic rings. The second-order valence-electron chi connectivity index (χ2n) is 5.94. The Balaban J connectivity index is 1.51. The molecule has 1 atom stereocenters. The van der Waals surface area contributed by atoms with E-state index in [0.29, 0.717) is 0 Å². The van der Waals surface area contributed by atoms with Gasteiger partial charge in [-0.1, -0.05) is 36.4 Å². The standard InChI is InChI=1S/C18H23N3/c1-20(18-9-5-6-11-19-18)13-17-10-12-21(15-17)14-16-7-3-2-4-8-16/h2-9,11,17H,10,12-15H2,1H3. The molecule has 0 aliphatic carbocycles. The Labute approximate surface area is 127 Å². The lowest BCUT2D eigenvalue weighted by atomic mass is 10.1. The molecule has 1 saturated heterocycles. The molecule has 0 amide bonds. The van der Waals surface area contributed by atoms with Gasteiger partial charge in [0.05, 0.1) is 0 Å². The van der Waals surface area contributed by atoms with Crippen LogP contribution in [0.3, 0.4) is 0 Å². The van der Waals surface area contributed by atoms with Crippen LogP contribution in [0, 0.1) is 5.92 Å². The molecule has 1 aromatic carbocycles. The zero-order valence-corrected chi connectivity index (χ0v) is 12.7. The molecule has 1 aliphatic rings. The third-order valence-corrected chi connectivity index (χ3v) is 4.19. The van der Waals surface area contributed by atoms with Crippen molar-refractivity contribution in [1.82, 2.24) is 9.88 Å². The molecule has 0 spiro atoms. The van der Waals surface area contributed by atoms with Gasteiger partial charge in [-0.05, 0) is 36.6 Å². The molecule has 0 saturated carbocycles. The molecule has 1 fully saturated rings. The molecule has 0 N–H and O–H groups in total. The van der Waals surface area contributed by atoms with Crippen LogP contribution >= 0.6 is 0 Å². The molecule has 2 heterocycles. The number of anilines is 1. The SMILES string of the molecule is CN(CC1CCN(Cc2ccccc2)C1)c1ccccn1. The highest BCUT2D eigenvalue weighted by molar-refractivity contribution is 5.36. The highest BCUT2D eigenvalue weighted by atomic mass is 15.2. The van der Waals surface area contributed by atoms with Gasteiger partial charge in [0.1, 0.15) is 5.82 Å². The molecule has 21 heavy (non-hydrogen) atoms. The maximum atomic E-state index is 4.42. The lowest BCUT2D eigenvalue weighted by Crippen LogP contribution is -2.28.